The van der Waals surface area contributed by atoms with Crippen LogP contribution in [0.1, 0.15) is 0 Å². The minimum Gasteiger partial charge on any atom is -0.191 e. The van der Waals surface area contributed by atoms with E-state index in [0.29, 0.717) is 11.8 Å². The zero-order valence-electron chi connectivity index (χ0n) is 10.5. The average molecular weight is 445 g/mol. The number of nitrogens with zero attached hydrogens (tertiary/aromatic N) is 4. The minimum absolute atomic E-state index is 0.189. The van der Waals surface area contributed by atoms with E-state index in [2.05, 4.69) is 0 Å². The summed E-state index contributed by atoms with van der Waals surface area (Å²) in [7, 11) is 0. The van der Waals surface area contributed by atoms with Crippen LogP contribution in [0.2, 0.25) is 0 Å². The predicted molar refractivity (Wildman–Crippen MR) is 93.3 cm³/mol. The van der Waals surface area contributed by atoms with Crippen molar-refractivity contribution in [3.63, 3.8) is 0 Å². The molecule has 4 nitrogen and oxygen atoms in total. The normalized spacial score (nSPS) is 14.7. The van der Waals surface area contributed by atoms with Gasteiger partial charge < -0.3 is 0 Å². The van der Waals surface area contributed by atoms with E-state index in [9.17, 15) is 0 Å². The molecule has 116 valence electrons. The van der Waals surface area contributed by atoms with Crippen LogP contribution in [0, 0.1) is 45.3 Å². The van der Waals surface area contributed by atoms with Crippen molar-refractivity contribution in [2.24, 2.45) is 0 Å². The zero-order chi connectivity index (χ0) is 18.2. The van der Waals surface area contributed by atoms with Gasteiger partial charge in [-0.05, 0) is 0 Å². The largest absolute Gasteiger partial charge is 0.191 e. The second kappa shape index (κ2) is 10.7. The van der Waals surface area contributed by atoms with E-state index in [1.54, 1.807) is 24.3 Å². The Labute approximate surface area is 166 Å². The van der Waals surface area contributed by atoms with E-state index in [0.717, 1.165) is 0 Å². The van der Waals surface area contributed by atoms with Crippen molar-refractivity contribution in [3.05, 3.63) is 40.0 Å². The Morgan fingerprint density at radius 2 is 0.783 bits per heavy atom. The van der Waals surface area contributed by atoms with Crippen molar-refractivity contribution >= 4 is 81.4 Å². The molecule has 0 aromatic heterocycles. The van der Waals surface area contributed by atoms with Gasteiger partial charge in [-0.25, -0.2) is 0 Å². The molecule has 0 bridgehead atoms. The van der Waals surface area contributed by atoms with Gasteiger partial charge in [-0.3, -0.25) is 0 Å². The van der Waals surface area contributed by atoms with Gasteiger partial charge in [-0.15, -0.1) is 0 Å². The maximum absolute atomic E-state index is 8.91. The van der Waals surface area contributed by atoms with Crippen LogP contribution in [0.4, 0.5) is 0 Å². The zero-order valence-corrected chi connectivity index (χ0v) is 15.8. The molecule has 0 aliphatic rings. The van der Waals surface area contributed by atoms with Gasteiger partial charge in [0, 0.05) is 0 Å². The van der Waals surface area contributed by atoms with Crippen LogP contribution < -0.4 is 0 Å². The smallest absolute Gasteiger partial charge is 0.138 e. The maximum atomic E-state index is 8.91. The lowest BCUT2D eigenvalue weighted by Gasteiger charge is -2.10. The monoisotopic (exact) mass is 442 g/mol. The highest BCUT2D eigenvalue weighted by Crippen LogP contribution is 2.44. The third kappa shape index (κ3) is 6.19. The fraction of sp³-hybridized carbons (Fsp3) is 0. The summed E-state index contributed by atoms with van der Waals surface area (Å²) in [6.45, 7) is 0. The fourth-order valence-electron chi connectivity index (χ4n) is 0.873. The summed E-state index contributed by atoms with van der Waals surface area (Å²) < 4.78 is 0. The van der Waals surface area contributed by atoms with Gasteiger partial charge in [-0.1, -0.05) is 81.4 Å². The number of thioether (sulfide) groups is 1. The molecule has 0 atom stereocenters. The third-order valence-electron chi connectivity index (χ3n) is 1.78. The van der Waals surface area contributed by atoms with Gasteiger partial charge in [-0.2, -0.15) is 21.0 Å². The van der Waals surface area contributed by atoms with E-state index in [1.807, 2.05) is 0 Å². The second-order valence-corrected chi connectivity index (χ2v) is 6.38. The van der Waals surface area contributed by atoms with Crippen LogP contribution in [0.15, 0.2) is 40.0 Å². The molecule has 0 saturated heterocycles. The Hall–Kier alpha value is -0.990. The minimum atomic E-state index is -0.457. The van der Waals surface area contributed by atoms with Crippen molar-refractivity contribution in [1.82, 2.24) is 0 Å². The molecule has 11 heteroatoms. The van der Waals surface area contributed by atoms with Gasteiger partial charge in [0.25, 0.3) is 0 Å². The molecule has 0 spiro atoms. The van der Waals surface area contributed by atoms with Crippen molar-refractivity contribution in [3.8, 4) is 24.3 Å². The Morgan fingerprint density at radius 3 is 1.00 bits per heavy atom. The van der Waals surface area contributed by atoms with Crippen molar-refractivity contribution in [2.75, 3.05) is 0 Å². The molecule has 0 aromatic rings. The van der Waals surface area contributed by atoms with E-state index in [-0.39, 0.29) is 19.9 Å². The quantitative estimate of drug-likeness (QED) is 0.386. The van der Waals surface area contributed by atoms with E-state index in [1.165, 1.54) is 0 Å². The standard InChI is InChI=1S/C12Cl6N4S/c13-5(1-19)9(17)11(7(15)3-21)23-12(8(16)4-22)10(18)6(14)2-20. The SMILES string of the molecule is N#CC(Cl)=C(Cl)C(SC(=C(Cl)C#N)C(Cl)=C(Cl)C#N)=C(Cl)C#N. The van der Waals surface area contributed by atoms with Gasteiger partial charge in [0.05, 0.1) is 19.9 Å². The van der Waals surface area contributed by atoms with Crippen LogP contribution in [-0.2, 0) is 0 Å². The highest BCUT2D eigenvalue weighted by molar-refractivity contribution is 8.07. The topological polar surface area (TPSA) is 95.2 Å². The Bertz CT molecular complexity index is 742. The molecule has 0 N–H and O–H groups in total. The van der Waals surface area contributed by atoms with Crippen LogP contribution in [0.5, 0.6) is 0 Å². The van der Waals surface area contributed by atoms with Gasteiger partial charge in [0.1, 0.15) is 44.4 Å². The fourth-order valence-corrected chi connectivity index (χ4v) is 3.05. The van der Waals surface area contributed by atoms with Crippen LogP contribution in [-0.4, -0.2) is 0 Å². The summed E-state index contributed by atoms with van der Waals surface area (Å²) in [5.74, 6) is 0. The number of nitriles is 4. The van der Waals surface area contributed by atoms with Crippen molar-refractivity contribution in [2.45, 2.75) is 0 Å². The van der Waals surface area contributed by atoms with Crippen LogP contribution in [0.25, 0.3) is 0 Å². The first-order valence-electron chi connectivity index (χ1n) is 4.94. The molecule has 0 radical (unpaired) electrons. The molecule has 0 aliphatic heterocycles. The van der Waals surface area contributed by atoms with Crippen molar-refractivity contribution < 1.29 is 0 Å². The predicted octanol–water partition coefficient (Wildman–Crippen LogP) is 6.09. The van der Waals surface area contributed by atoms with E-state index in [4.69, 9.17) is 90.7 Å². The molecular formula is C12Cl6N4S. The van der Waals surface area contributed by atoms with Gasteiger partial charge in [0.2, 0.25) is 0 Å². The first-order valence-corrected chi connectivity index (χ1v) is 8.02. The van der Waals surface area contributed by atoms with Gasteiger partial charge in [0.15, 0.2) is 0 Å². The molecule has 23 heavy (non-hydrogen) atoms. The molecule has 0 fully saturated rings. The van der Waals surface area contributed by atoms with E-state index < -0.39 is 20.1 Å². The Morgan fingerprint density at radius 1 is 0.522 bits per heavy atom. The highest BCUT2D eigenvalue weighted by Gasteiger charge is 2.21. The van der Waals surface area contributed by atoms with Crippen LogP contribution >= 0.6 is 81.4 Å². The number of rotatable bonds is 4. The lowest BCUT2D eigenvalue weighted by molar-refractivity contribution is 1.50. The summed E-state index contributed by atoms with van der Waals surface area (Å²) in [6, 6.07) is 6.33. The number of hydrogen-bond donors (Lipinski definition) is 0. The first kappa shape index (κ1) is 22.0. The Kier molecular flexibility index (Phi) is 10.3. The van der Waals surface area contributed by atoms with Gasteiger partial charge >= 0.3 is 0 Å². The van der Waals surface area contributed by atoms with E-state index >= 15 is 0 Å². The second-order valence-electron chi connectivity index (χ2n) is 3.09. The number of allylic oxidation sites excluding steroid dienone is 6. The van der Waals surface area contributed by atoms with Crippen LogP contribution in [0.3, 0.4) is 0 Å². The number of hydrogen-bond acceptors (Lipinski definition) is 5. The number of halogens is 6. The molecule has 0 amide bonds. The highest BCUT2D eigenvalue weighted by atomic mass is 35.5. The Balaban J connectivity index is 6.45. The average Bonchev–Trinajstić information content (AvgIpc) is 2.58. The lowest BCUT2D eigenvalue weighted by Crippen LogP contribution is -1.90. The lowest BCUT2D eigenvalue weighted by atomic mass is 10.4. The molecular weight excluding hydrogens is 445 g/mol. The molecule has 0 aliphatic carbocycles. The summed E-state index contributed by atoms with van der Waals surface area (Å²) in [6.07, 6.45) is 0. The summed E-state index contributed by atoms with van der Waals surface area (Å²) in [5.41, 5.74) is 0. The maximum Gasteiger partial charge on any atom is 0.138 e. The molecule has 0 rings (SSSR count). The third-order valence-corrected chi connectivity index (χ3v) is 5.50. The summed E-state index contributed by atoms with van der Waals surface area (Å²) in [5, 5.41) is 32.8. The molecule has 0 unspecified atom stereocenters. The van der Waals surface area contributed by atoms with Crippen molar-refractivity contribution in [1.29, 1.82) is 21.0 Å². The summed E-state index contributed by atoms with van der Waals surface area (Å²) in [4.78, 5) is -0.377. The molecule has 0 heterocycles. The first-order chi connectivity index (χ1) is 10.7. The summed E-state index contributed by atoms with van der Waals surface area (Å²) >= 11 is 35.0. The molecule has 0 aromatic carbocycles. The molecule has 0 saturated carbocycles.